The Bertz CT molecular complexity index is 245. The molecule has 0 radical (unpaired) electrons. The quantitative estimate of drug-likeness (QED) is 0.429. The number of benzene rings is 1. The molecular formula is C8H6ClN. The molecular weight excluding hydrogens is 146 g/mol. The maximum atomic E-state index is 6.66. The molecule has 0 spiro atoms. The maximum Gasteiger partial charge on any atom is 0.187 e. The Morgan fingerprint density at radius 2 is 1.90 bits per heavy atom. The predicted octanol–water partition coefficient (Wildman–Crippen LogP) is 2.98. The van der Waals surface area contributed by atoms with Crippen LogP contribution < -0.4 is 0 Å². The van der Waals surface area contributed by atoms with Crippen molar-refractivity contribution in [3.05, 3.63) is 41.2 Å². The van der Waals surface area contributed by atoms with Gasteiger partial charge in [0.2, 0.25) is 0 Å². The van der Waals surface area contributed by atoms with Crippen LogP contribution in [-0.2, 0) is 5.88 Å². The van der Waals surface area contributed by atoms with E-state index in [-0.39, 0.29) is 0 Å². The Hall–Kier alpha value is -1.00. The first kappa shape index (κ1) is 7.11. The average molecular weight is 152 g/mol. The fourth-order valence-electron chi connectivity index (χ4n) is 0.660. The summed E-state index contributed by atoms with van der Waals surface area (Å²) in [6.45, 7) is 6.66. The van der Waals surface area contributed by atoms with Crippen LogP contribution in [0.4, 0.5) is 5.69 Å². The summed E-state index contributed by atoms with van der Waals surface area (Å²) >= 11 is 5.54. The summed E-state index contributed by atoms with van der Waals surface area (Å²) in [4.78, 5) is 3.25. The lowest BCUT2D eigenvalue weighted by molar-refractivity contribution is 1.41. The van der Waals surface area contributed by atoms with E-state index in [9.17, 15) is 0 Å². The lowest BCUT2D eigenvalue weighted by atomic mass is 10.2. The van der Waals surface area contributed by atoms with Crippen LogP contribution in [0, 0.1) is 6.57 Å². The van der Waals surface area contributed by atoms with E-state index in [2.05, 4.69) is 4.85 Å². The first-order valence-electron chi connectivity index (χ1n) is 2.89. The van der Waals surface area contributed by atoms with E-state index in [4.69, 9.17) is 18.2 Å². The summed E-state index contributed by atoms with van der Waals surface area (Å²) in [6.07, 6.45) is 0. The fourth-order valence-corrected chi connectivity index (χ4v) is 0.838. The predicted molar refractivity (Wildman–Crippen MR) is 42.3 cm³/mol. The van der Waals surface area contributed by atoms with E-state index in [0.29, 0.717) is 11.6 Å². The number of hydrogen-bond donors (Lipinski definition) is 0. The minimum atomic E-state index is 0.512. The molecule has 0 saturated carbocycles. The SMILES string of the molecule is [C-]#[N+]c1ccc(CCl)cc1. The zero-order valence-electron chi connectivity index (χ0n) is 5.34. The van der Waals surface area contributed by atoms with Crippen LogP contribution in [0.1, 0.15) is 5.56 Å². The molecule has 2 heteroatoms. The standard InChI is InChI=1S/C8H6ClN/c1-10-8-4-2-7(6-9)3-5-8/h2-5H,6H2. The normalized spacial score (nSPS) is 8.80. The van der Waals surface area contributed by atoms with Gasteiger partial charge in [0.25, 0.3) is 0 Å². The maximum absolute atomic E-state index is 6.66. The number of hydrogen-bond acceptors (Lipinski definition) is 0. The summed E-state index contributed by atoms with van der Waals surface area (Å²) in [5.74, 6) is 0.512. The molecule has 1 rings (SSSR count). The van der Waals surface area contributed by atoms with Crippen molar-refractivity contribution in [3.63, 3.8) is 0 Å². The van der Waals surface area contributed by atoms with Crippen LogP contribution in [0.15, 0.2) is 24.3 Å². The molecule has 0 aliphatic heterocycles. The molecule has 50 valence electrons. The molecule has 1 nitrogen and oxygen atoms in total. The lowest BCUT2D eigenvalue weighted by Crippen LogP contribution is -1.72. The number of alkyl halides is 1. The molecule has 1 aromatic rings. The highest BCUT2D eigenvalue weighted by Crippen LogP contribution is 2.13. The van der Waals surface area contributed by atoms with Crippen molar-refractivity contribution in [2.75, 3.05) is 0 Å². The zero-order valence-corrected chi connectivity index (χ0v) is 6.10. The van der Waals surface area contributed by atoms with E-state index in [1.54, 1.807) is 12.1 Å². The Balaban J connectivity index is 2.93. The van der Waals surface area contributed by atoms with Crippen LogP contribution in [0.2, 0.25) is 0 Å². The largest absolute Gasteiger partial charge is 0.238 e. The van der Waals surface area contributed by atoms with E-state index >= 15 is 0 Å². The van der Waals surface area contributed by atoms with Crippen LogP contribution >= 0.6 is 11.6 Å². The Morgan fingerprint density at radius 1 is 1.30 bits per heavy atom. The van der Waals surface area contributed by atoms with Gasteiger partial charge < -0.3 is 0 Å². The van der Waals surface area contributed by atoms with Crippen molar-refractivity contribution < 1.29 is 0 Å². The first-order chi connectivity index (χ1) is 4.86. The molecule has 0 N–H and O–H groups in total. The van der Waals surface area contributed by atoms with Gasteiger partial charge in [-0.25, -0.2) is 4.85 Å². The summed E-state index contributed by atoms with van der Waals surface area (Å²) in [7, 11) is 0. The average Bonchev–Trinajstić information content (AvgIpc) is 2.05. The van der Waals surface area contributed by atoms with Crippen LogP contribution in [0.5, 0.6) is 0 Å². The zero-order chi connectivity index (χ0) is 7.40. The molecule has 0 aromatic heterocycles. The molecule has 1 aromatic carbocycles. The van der Waals surface area contributed by atoms with Gasteiger partial charge >= 0.3 is 0 Å². The molecule has 0 bridgehead atoms. The van der Waals surface area contributed by atoms with Crippen molar-refractivity contribution >= 4 is 17.3 Å². The Kier molecular flexibility index (Phi) is 2.30. The van der Waals surface area contributed by atoms with Gasteiger partial charge in [-0.15, -0.1) is 11.6 Å². The third-order valence-corrected chi connectivity index (χ3v) is 1.53. The fraction of sp³-hybridized carbons (Fsp3) is 0.125. The Morgan fingerprint density at radius 3 is 2.30 bits per heavy atom. The second-order valence-corrected chi connectivity index (χ2v) is 2.18. The highest BCUT2D eigenvalue weighted by atomic mass is 35.5. The summed E-state index contributed by atoms with van der Waals surface area (Å²) in [5, 5.41) is 0. The van der Waals surface area contributed by atoms with Crippen LogP contribution in [0.25, 0.3) is 4.85 Å². The highest BCUT2D eigenvalue weighted by molar-refractivity contribution is 6.17. The molecule has 0 atom stereocenters. The molecule has 0 saturated heterocycles. The van der Waals surface area contributed by atoms with Gasteiger partial charge in [-0.3, -0.25) is 0 Å². The van der Waals surface area contributed by atoms with Crippen LogP contribution in [0.3, 0.4) is 0 Å². The molecule has 0 aliphatic rings. The topological polar surface area (TPSA) is 4.36 Å². The molecule has 0 heterocycles. The summed E-state index contributed by atoms with van der Waals surface area (Å²) < 4.78 is 0. The number of nitrogens with zero attached hydrogens (tertiary/aromatic N) is 1. The molecule has 0 unspecified atom stereocenters. The second-order valence-electron chi connectivity index (χ2n) is 1.91. The van der Waals surface area contributed by atoms with Gasteiger partial charge in [-0.05, 0) is 5.56 Å². The second kappa shape index (κ2) is 3.24. The molecule has 0 aliphatic carbocycles. The third kappa shape index (κ3) is 1.49. The highest BCUT2D eigenvalue weighted by Gasteiger charge is 1.89. The van der Waals surface area contributed by atoms with E-state index in [1.165, 1.54) is 0 Å². The third-order valence-electron chi connectivity index (χ3n) is 1.22. The molecule has 10 heavy (non-hydrogen) atoms. The number of halogens is 1. The monoisotopic (exact) mass is 151 g/mol. The first-order valence-corrected chi connectivity index (χ1v) is 3.42. The summed E-state index contributed by atoms with van der Waals surface area (Å²) in [5.41, 5.74) is 1.71. The van der Waals surface area contributed by atoms with E-state index < -0.39 is 0 Å². The van der Waals surface area contributed by atoms with Crippen molar-refractivity contribution in [2.24, 2.45) is 0 Å². The van der Waals surface area contributed by atoms with Gasteiger partial charge in [0.1, 0.15) is 0 Å². The van der Waals surface area contributed by atoms with Gasteiger partial charge in [-0.1, -0.05) is 24.3 Å². The van der Waals surface area contributed by atoms with Gasteiger partial charge in [-0.2, -0.15) is 0 Å². The van der Waals surface area contributed by atoms with E-state index in [0.717, 1.165) is 5.56 Å². The van der Waals surface area contributed by atoms with Gasteiger partial charge in [0.15, 0.2) is 5.69 Å². The molecule has 0 fully saturated rings. The van der Waals surface area contributed by atoms with E-state index in [1.807, 2.05) is 12.1 Å². The van der Waals surface area contributed by atoms with Crippen molar-refractivity contribution in [3.8, 4) is 0 Å². The smallest absolute Gasteiger partial charge is 0.187 e. The summed E-state index contributed by atoms with van der Waals surface area (Å²) in [6, 6.07) is 7.26. The minimum Gasteiger partial charge on any atom is -0.238 e. The minimum absolute atomic E-state index is 0.512. The van der Waals surface area contributed by atoms with Crippen molar-refractivity contribution in [1.29, 1.82) is 0 Å². The van der Waals surface area contributed by atoms with Gasteiger partial charge in [0.05, 0.1) is 6.57 Å². The number of rotatable bonds is 1. The Labute approximate surface area is 65.1 Å². The van der Waals surface area contributed by atoms with Crippen LogP contribution in [-0.4, -0.2) is 0 Å². The van der Waals surface area contributed by atoms with Crippen molar-refractivity contribution in [2.45, 2.75) is 5.88 Å². The lowest BCUT2D eigenvalue weighted by Gasteiger charge is -1.92. The van der Waals surface area contributed by atoms with Gasteiger partial charge in [0, 0.05) is 5.88 Å². The molecule has 0 amide bonds. The van der Waals surface area contributed by atoms with Crippen molar-refractivity contribution in [1.82, 2.24) is 0 Å².